The Morgan fingerprint density at radius 3 is 2.53 bits per heavy atom. The number of hydrogen-bond donors (Lipinski definition) is 0. The Morgan fingerprint density at radius 2 is 1.88 bits per heavy atom. The van der Waals surface area contributed by atoms with Crippen LogP contribution in [0.3, 0.4) is 0 Å². The Bertz CT molecular complexity index is 1350. The minimum atomic E-state index is -4.55. The van der Waals surface area contributed by atoms with Gasteiger partial charge in [-0.1, -0.05) is 17.7 Å². The van der Waals surface area contributed by atoms with Crippen molar-refractivity contribution >= 4 is 28.3 Å². The van der Waals surface area contributed by atoms with Gasteiger partial charge in [0.1, 0.15) is 28.1 Å². The predicted molar refractivity (Wildman–Crippen MR) is 123 cm³/mol. The SMILES string of the molecule is C[C@@H]1CN(c2cc(=O)n(C)c3ccc(C#N)nc23)[C@@H](C)CN1Cc1ccc(C(F)(F)F)nc1Cl. The number of aryl methyl sites for hydroxylation is 1. The van der Waals surface area contributed by atoms with Crippen LogP contribution in [0.1, 0.15) is 30.8 Å². The highest BCUT2D eigenvalue weighted by Crippen LogP contribution is 2.32. The lowest BCUT2D eigenvalue weighted by Crippen LogP contribution is -2.56. The standard InChI is InChI=1S/C23H22ClF3N6O/c1-13-11-33(18-8-20(34)31(3)17-6-5-16(9-28)29-21(17)18)14(2)10-32(13)12-15-4-7-19(23(25,26)27)30-22(15)24/h4-8,13-14H,10-12H2,1-3H3/t13-,14+/m1/s1. The summed E-state index contributed by atoms with van der Waals surface area (Å²) in [5, 5.41) is 9.13. The van der Waals surface area contributed by atoms with Crippen molar-refractivity contribution in [2.24, 2.45) is 7.05 Å². The summed E-state index contributed by atoms with van der Waals surface area (Å²) in [6.45, 7) is 5.48. The van der Waals surface area contributed by atoms with Gasteiger partial charge in [-0.25, -0.2) is 9.97 Å². The molecule has 0 aliphatic carbocycles. The fraction of sp³-hybridized carbons (Fsp3) is 0.391. The van der Waals surface area contributed by atoms with E-state index in [1.165, 1.54) is 16.7 Å². The first kappa shape index (κ1) is 24.0. The number of nitriles is 1. The highest BCUT2D eigenvalue weighted by molar-refractivity contribution is 6.30. The fourth-order valence-corrected chi connectivity index (χ4v) is 4.52. The zero-order valence-electron chi connectivity index (χ0n) is 18.8. The average Bonchev–Trinajstić information content (AvgIpc) is 2.78. The molecule has 3 aromatic rings. The van der Waals surface area contributed by atoms with E-state index in [9.17, 15) is 23.2 Å². The number of nitrogens with zero attached hydrogens (tertiary/aromatic N) is 6. The molecule has 0 N–H and O–H groups in total. The molecular weight excluding hydrogens is 469 g/mol. The van der Waals surface area contributed by atoms with E-state index in [1.807, 2.05) is 19.9 Å². The van der Waals surface area contributed by atoms with Crippen molar-refractivity contribution in [3.63, 3.8) is 0 Å². The Balaban J connectivity index is 1.62. The van der Waals surface area contributed by atoms with Crippen LogP contribution in [0.4, 0.5) is 18.9 Å². The summed E-state index contributed by atoms with van der Waals surface area (Å²) in [6, 6.07) is 9.13. The lowest BCUT2D eigenvalue weighted by atomic mass is 10.1. The largest absolute Gasteiger partial charge is 0.433 e. The molecule has 7 nitrogen and oxygen atoms in total. The Hall–Kier alpha value is -3.16. The van der Waals surface area contributed by atoms with Crippen LogP contribution in [0.15, 0.2) is 35.1 Å². The average molecular weight is 491 g/mol. The van der Waals surface area contributed by atoms with Gasteiger partial charge in [0, 0.05) is 50.4 Å². The number of halogens is 4. The minimum absolute atomic E-state index is 0.00665. The highest BCUT2D eigenvalue weighted by atomic mass is 35.5. The number of anilines is 1. The third-order valence-corrected chi connectivity index (χ3v) is 6.52. The number of fused-ring (bicyclic) bond motifs is 1. The summed E-state index contributed by atoms with van der Waals surface area (Å²) in [7, 11) is 1.66. The van der Waals surface area contributed by atoms with E-state index in [-0.39, 0.29) is 28.5 Å². The summed E-state index contributed by atoms with van der Waals surface area (Å²) < 4.78 is 40.2. The van der Waals surface area contributed by atoms with Crippen molar-refractivity contribution in [1.29, 1.82) is 5.26 Å². The molecule has 0 saturated carbocycles. The van der Waals surface area contributed by atoms with Gasteiger partial charge in [-0.05, 0) is 32.0 Å². The lowest BCUT2D eigenvalue weighted by Gasteiger charge is -2.45. The van der Waals surface area contributed by atoms with Gasteiger partial charge in [0.05, 0.1) is 11.2 Å². The van der Waals surface area contributed by atoms with Crippen LogP contribution >= 0.6 is 11.6 Å². The van der Waals surface area contributed by atoms with Gasteiger partial charge in [-0.3, -0.25) is 9.69 Å². The van der Waals surface area contributed by atoms with Crippen LogP contribution < -0.4 is 10.5 Å². The minimum Gasteiger partial charge on any atom is -0.364 e. The molecule has 34 heavy (non-hydrogen) atoms. The van der Waals surface area contributed by atoms with Crippen LogP contribution in [-0.2, 0) is 19.8 Å². The number of rotatable bonds is 3. The smallest absolute Gasteiger partial charge is 0.364 e. The highest BCUT2D eigenvalue weighted by Gasteiger charge is 2.34. The molecule has 0 bridgehead atoms. The number of aromatic nitrogens is 3. The van der Waals surface area contributed by atoms with Gasteiger partial charge in [-0.15, -0.1) is 0 Å². The van der Waals surface area contributed by atoms with E-state index in [4.69, 9.17) is 11.6 Å². The molecule has 1 saturated heterocycles. The monoisotopic (exact) mass is 490 g/mol. The zero-order chi connectivity index (χ0) is 24.8. The summed E-state index contributed by atoms with van der Waals surface area (Å²) in [4.78, 5) is 24.8. The zero-order valence-corrected chi connectivity index (χ0v) is 19.5. The van der Waals surface area contributed by atoms with E-state index < -0.39 is 11.9 Å². The maximum Gasteiger partial charge on any atom is 0.433 e. The molecule has 4 heterocycles. The predicted octanol–water partition coefficient (Wildman–Crippen LogP) is 3.97. The Morgan fingerprint density at radius 1 is 1.15 bits per heavy atom. The van der Waals surface area contributed by atoms with Crippen LogP contribution in [0.25, 0.3) is 11.0 Å². The second kappa shape index (κ2) is 8.89. The van der Waals surface area contributed by atoms with Gasteiger partial charge in [0.25, 0.3) is 5.56 Å². The molecule has 0 unspecified atom stereocenters. The van der Waals surface area contributed by atoms with Crippen molar-refractivity contribution in [3.8, 4) is 6.07 Å². The van der Waals surface area contributed by atoms with Crippen LogP contribution in [0.5, 0.6) is 0 Å². The van der Waals surface area contributed by atoms with Crippen LogP contribution in [0.2, 0.25) is 5.15 Å². The summed E-state index contributed by atoms with van der Waals surface area (Å²) >= 11 is 6.07. The Kier molecular flexibility index (Phi) is 6.27. The molecule has 1 aliphatic heterocycles. The van der Waals surface area contributed by atoms with Gasteiger partial charge in [0.2, 0.25) is 0 Å². The van der Waals surface area contributed by atoms with E-state index in [2.05, 4.69) is 19.8 Å². The van der Waals surface area contributed by atoms with E-state index >= 15 is 0 Å². The van der Waals surface area contributed by atoms with Gasteiger partial charge in [0.15, 0.2) is 0 Å². The molecule has 0 spiro atoms. The first-order valence-electron chi connectivity index (χ1n) is 10.6. The number of alkyl halides is 3. The summed E-state index contributed by atoms with van der Waals surface area (Å²) in [5.41, 5.74) is 1.43. The fourth-order valence-electron chi connectivity index (χ4n) is 4.30. The molecule has 1 aliphatic rings. The quantitative estimate of drug-likeness (QED) is 0.517. The number of piperazine rings is 1. The molecule has 0 radical (unpaired) electrons. The van der Waals surface area contributed by atoms with E-state index in [1.54, 1.807) is 19.2 Å². The molecular formula is C23H22ClF3N6O. The normalized spacial score (nSPS) is 19.4. The molecule has 1 fully saturated rings. The lowest BCUT2D eigenvalue weighted by molar-refractivity contribution is -0.141. The first-order chi connectivity index (χ1) is 16.0. The molecule has 178 valence electrons. The summed E-state index contributed by atoms with van der Waals surface area (Å²) in [5.74, 6) is 0. The van der Waals surface area contributed by atoms with Gasteiger partial charge >= 0.3 is 6.18 Å². The first-order valence-corrected chi connectivity index (χ1v) is 11.0. The van der Waals surface area contributed by atoms with Crippen molar-refractivity contribution < 1.29 is 13.2 Å². The maximum absolute atomic E-state index is 12.9. The molecule has 2 atom stereocenters. The molecule has 4 rings (SSSR count). The number of pyridine rings is 3. The van der Waals surface area contributed by atoms with Gasteiger partial charge < -0.3 is 9.47 Å². The van der Waals surface area contributed by atoms with E-state index in [0.717, 1.165) is 6.07 Å². The van der Waals surface area contributed by atoms with Crippen molar-refractivity contribution in [1.82, 2.24) is 19.4 Å². The topological polar surface area (TPSA) is 78.0 Å². The third kappa shape index (κ3) is 4.45. The van der Waals surface area contributed by atoms with E-state index in [0.29, 0.717) is 41.9 Å². The van der Waals surface area contributed by atoms with Crippen molar-refractivity contribution in [2.75, 3.05) is 18.0 Å². The van der Waals surface area contributed by atoms with Crippen LogP contribution in [-0.4, -0.2) is 44.6 Å². The Labute approximate surface area is 199 Å². The number of hydrogen-bond acceptors (Lipinski definition) is 6. The maximum atomic E-state index is 12.9. The second-order valence-corrected chi connectivity index (χ2v) is 8.88. The molecule has 11 heteroatoms. The molecule has 0 amide bonds. The third-order valence-electron chi connectivity index (χ3n) is 6.20. The molecule has 3 aromatic heterocycles. The molecule has 0 aromatic carbocycles. The summed E-state index contributed by atoms with van der Waals surface area (Å²) in [6.07, 6.45) is -4.55. The van der Waals surface area contributed by atoms with Gasteiger partial charge in [-0.2, -0.15) is 18.4 Å². The second-order valence-electron chi connectivity index (χ2n) is 8.53. The van der Waals surface area contributed by atoms with Crippen molar-refractivity contribution in [2.45, 2.75) is 38.7 Å². The van der Waals surface area contributed by atoms with Crippen LogP contribution in [0, 0.1) is 11.3 Å². The van der Waals surface area contributed by atoms with Crippen molar-refractivity contribution in [3.05, 3.63) is 62.8 Å².